The van der Waals surface area contributed by atoms with Crippen molar-refractivity contribution in [3.8, 4) is 0 Å². The van der Waals surface area contributed by atoms with Crippen molar-refractivity contribution >= 4 is 5.91 Å². The number of carbonyl (C=O) groups excluding carboxylic acids is 1. The number of aliphatic hydroxyl groups is 1. The molecule has 1 saturated heterocycles. The molecule has 1 aliphatic rings. The van der Waals surface area contributed by atoms with Crippen LogP contribution in [0, 0.1) is 0 Å². The fourth-order valence-corrected chi connectivity index (χ4v) is 1.94. The van der Waals surface area contributed by atoms with Crippen LogP contribution >= 0.6 is 0 Å². The fourth-order valence-electron chi connectivity index (χ4n) is 1.94. The van der Waals surface area contributed by atoms with Gasteiger partial charge in [-0.3, -0.25) is 10.1 Å². The smallest absolute Gasteiger partial charge is 0.241 e. The predicted molar refractivity (Wildman–Crippen MR) is 60.5 cm³/mol. The fraction of sp³-hybridized carbons (Fsp3) is 0.417. The summed E-state index contributed by atoms with van der Waals surface area (Å²) < 4.78 is 0. The molecule has 0 aromatic heterocycles. The lowest BCUT2D eigenvalue weighted by molar-refractivity contribution is -0.123. The maximum atomic E-state index is 11.7. The highest BCUT2D eigenvalue weighted by atomic mass is 16.3. The molecule has 4 nitrogen and oxygen atoms in total. The Balaban J connectivity index is 2.18. The predicted octanol–water partition coefficient (Wildman–Crippen LogP) is 0.544. The van der Waals surface area contributed by atoms with Gasteiger partial charge in [-0.15, -0.1) is 0 Å². The Bertz CT molecular complexity index is 389. The number of hydrogen-bond donors (Lipinski definition) is 3. The second kappa shape index (κ2) is 3.88. The molecule has 0 radical (unpaired) electrons. The molecule has 2 atom stereocenters. The largest absolute Gasteiger partial charge is 0.386 e. The maximum Gasteiger partial charge on any atom is 0.241 e. The molecule has 86 valence electrons. The Kier molecular flexibility index (Phi) is 2.69. The van der Waals surface area contributed by atoms with E-state index in [0.717, 1.165) is 5.56 Å². The van der Waals surface area contributed by atoms with Crippen molar-refractivity contribution in [1.82, 2.24) is 10.6 Å². The lowest BCUT2D eigenvalue weighted by Crippen LogP contribution is -2.45. The summed E-state index contributed by atoms with van der Waals surface area (Å²) in [4.78, 5) is 11.7. The van der Waals surface area contributed by atoms with Crippen molar-refractivity contribution in [3.05, 3.63) is 35.9 Å². The van der Waals surface area contributed by atoms with Gasteiger partial charge in [-0.05, 0) is 19.4 Å². The van der Waals surface area contributed by atoms with Gasteiger partial charge in [0.15, 0.2) is 0 Å². The van der Waals surface area contributed by atoms with Gasteiger partial charge in [0.25, 0.3) is 0 Å². The zero-order chi connectivity index (χ0) is 11.8. The molecule has 1 fully saturated rings. The lowest BCUT2D eigenvalue weighted by Gasteiger charge is -2.21. The Morgan fingerprint density at radius 3 is 2.44 bits per heavy atom. The summed E-state index contributed by atoms with van der Waals surface area (Å²) in [5, 5.41) is 16.0. The molecule has 1 aromatic rings. The van der Waals surface area contributed by atoms with E-state index in [2.05, 4.69) is 10.6 Å². The Morgan fingerprint density at radius 2 is 1.94 bits per heavy atom. The van der Waals surface area contributed by atoms with Crippen molar-refractivity contribution in [2.45, 2.75) is 31.7 Å². The highest BCUT2D eigenvalue weighted by Gasteiger charge is 2.40. The molecule has 1 aliphatic heterocycles. The van der Waals surface area contributed by atoms with E-state index in [1.807, 2.05) is 44.2 Å². The molecule has 3 N–H and O–H groups in total. The first kappa shape index (κ1) is 11.1. The molecule has 0 bridgehead atoms. The summed E-state index contributed by atoms with van der Waals surface area (Å²) in [5.74, 6) is -0.165. The van der Waals surface area contributed by atoms with E-state index in [-0.39, 0.29) is 5.91 Å². The molecule has 1 heterocycles. The van der Waals surface area contributed by atoms with Gasteiger partial charge in [0.05, 0.1) is 5.66 Å². The molecule has 1 amide bonds. The van der Waals surface area contributed by atoms with E-state index in [0.29, 0.717) is 0 Å². The first-order valence-corrected chi connectivity index (χ1v) is 5.32. The SMILES string of the molecule is CC1(C)NC(=O)[C@H]([C@H](O)c2ccccc2)N1. The molecule has 0 unspecified atom stereocenters. The van der Waals surface area contributed by atoms with E-state index in [1.165, 1.54) is 0 Å². The number of carbonyl (C=O) groups is 1. The standard InChI is InChI=1S/C12H16N2O2/c1-12(2)13-9(11(16)14-12)10(15)8-6-4-3-5-7-8/h3-7,9-10,13,15H,1-2H3,(H,14,16)/t9-,10+/m0/s1. The van der Waals surface area contributed by atoms with Crippen molar-refractivity contribution < 1.29 is 9.90 Å². The van der Waals surface area contributed by atoms with Gasteiger partial charge in [0.1, 0.15) is 12.1 Å². The maximum absolute atomic E-state index is 11.7. The molecule has 0 aliphatic carbocycles. The average molecular weight is 220 g/mol. The van der Waals surface area contributed by atoms with E-state index in [9.17, 15) is 9.90 Å². The zero-order valence-electron chi connectivity index (χ0n) is 9.40. The summed E-state index contributed by atoms with van der Waals surface area (Å²) >= 11 is 0. The van der Waals surface area contributed by atoms with Gasteiger partial charge in [0.2, 0.25) is 5.91 Å². The van der Waals surface area contributed by atoms with Crippen LogP contribution < -0.4 is 10.6 Å². The van der Waals surface area contributed by atoms with Crippen molar-refractivity contribution in [3.63, 3.8) is 0 Å². The van der Waals surface area contributed by atoms with E-state index < -0.39 is 17.8 Å². The number of benzene rings is 1. The average Bonchev–Trinajstić information content (AvgIpc) is 2.52. The third-order valence-electron chi connectivity index (χ3n) is 2.69. The number of amides is 1. The van der Waals surface area contributed by atoms with Gasteiger partial charge in [-0.2, -0.15) is 0 Å². The molecule has 0 spiro atoms. The molecule has 16 heavy (non-hydrogen) atoms. The third-order valence-corrected chi connectivity index (χ3v) is 2.69. The van der Waals surface area contributed by atoms with Crippen LogP contribution in [0.5, 0.6) is 0 Å². The van der Waals surface area contributed by atoms with Gasteiger partial charge in [-0.1, -0.05) is 30.3 Å². The monoisotopic (exact) mass is 220 g/mol. The quantitative estimate of drug-likeness (QED) is 0.682. The third kappa shape index (κ3) is 2.08. The Labute approximate surface area is 94.7 Å². The topological polar surface area (TPSA) is 61.4 Å². The number of rotatable bonds is 2. The molecular formula is C12H16N2O2. The van der Waals surface area contributed by atoms with Gasteiger partial charge in [0, 0.05) is 0 Å². The van der Waals surface area contributed by atoms with E-state index in [4.69, 9.17) is 0 Å². The lowest BCUT2D eigenvalue weighted by atomic mass is 10.0. The van der Waals surface area contributed by atoms with Gasteiger partial charge < -0.3 is 10.4 Å². The molecule has 0 saturated carbocycles. The minimum atomic E-state index is -0.817. The first-order valence-electron chi connectivity index (χ1n) is 5.32. The minimum absolute atomic E-state index is 0.165. The Hall–Kier alpha value is -1.39. The second-order valence-corrected chi connectivity index (χ2v) is 4.59. The normalized spacial score (nSPS) is 25.2. The van der Waals surface area contributed by atoms with Crippen molar-refractivity contribution in [1.29, 1.82) is 0 Å². The number of hydrogen-bond acceptors (Lipinski definition) is 3. The van der Waals surface area contributed by atoms with Crippen molar-refractivity contribution in [2.75, 3.05) is 0 Å². The number of nitrogens with one attached hydrogen (secondary N) is 2. The molecular weight excluding hydrogens is 204 g/mol. The number of aliphatic hydroxyl groups excluding tert-OH is 1. The summed E-state index contributed by atoms with van der Waals surface area (Å²) in [6, 6.07) is 8.60. The Morgan fingerprint density at radius 1 is 1.31 bits per heavy atom. The van der Waals surface area contributed by atoms with Crippen LogP contribution in [-0.4, -0.2) is 22.7 Å². The zero-order valence-corrected chi connectivity index (χ0v) is 9.40. The van der Waals surface area contributed by atoms with Crippen LogP contribution in [0.2, 0.25) is 0 Å². The summed E-state index contributed by atoms with van der Waals surface area (Å²) in [6.45, 7) is 3.73. The van der Waals surface area contributed by atoms with Gasteiger partial charge in [-0.25, -0.2) is 0 Å². The van der Waals surface area contributed by atoms with Crippen LogP contribution in [0.1, 0.15) is 25.5 Å². The first-order chi connectivity index (χ1) is 7.49. The van der Waals surface area contributed by atoms with Crippen LogP contribution in [0.25, 0.3) is 0 Å². The second-order valence-electron chi connectivity index (χ2n) is 4.59. The summed E-state index contributed by atoms with van der Waals surface area (Å²) in [7, 11) is 0. The van der Waals surface area contributed by atoms with Crippen LogP contribution in [0.3, 0.4) is 0 Å². The van der Waals surface area contributed by atoms with Crippen LogP contribution in [-0.2, 0) is 4.79 Å². The molecule has 1 aromatic carbocycles. The minimum Gasteiger partial charge on any atom is -0.386 e. The van der Waals surface area contributed by atoms with Crippen LogP contribution in [0.15, 0.2) is 30.3 Å². The highest BCUT2D eigenvalue weighted by Crippen LogP contribution is 2.21. The summed E-state index contributed by atoms with van der Waals surface area (Å²) in [6.07, 6.45) is -0.817. The van der Waals surface area contributed by atoms with E-state index >= 15 is 0 Å². The highest BCUT2D eigenvalue weighted by molar-refractivity contribution is 5.85. The summed E-state index contributed by atoms with van der Waals surface area (Å²) in [5.41, 5.74) is 0.283. The molecule has 2 rings (SSSR count). The van der Waals surface area contributed by atoms with Crippen LogP contribution in [0.4, 0.5) is 0 Å². The molecule has 4 heteroatoms. The van der Waals surface area contributed by atoms with Crippen molar-refractivity contribution in [2.24, 2.45) is 0 Å². The van der Waals surface area contributed by atoms with E-state index in [1.54, 1.807) is 0 Å². The van der Waals surface area contributed by atoms with Gasteiger partial charge >= 0.3 is 0 Å².